The van der Waals surface area contributed by atoms with Crippen LogP contribution in [0, 0.1) is 0 Å². The van der Waals surface area contributed by atoms with Crippen molar-refractivity contribution in [1.82, 2.24) is 15.3 Å². The molecule has 1 amide bonds. The van der Waals surface area contributed by atoms with Crippen molar-refractivity contribution >= 4 is 29.5 Å². The van der Waals surface area contributed by atoms with Gasteiger partial charge < -0.3 is 25.3 Å². The number of rotatable bonds is 7. The summed E-state index contributed by atoms with van der Waals surface area (Å²) >= 11 is 1.12. The van der Waals surface area contributed by atoms with Gasteiger partial charge in [0.25, 0.3) is 0 Å². The Labute approximate surface area is 159 Å². The summed E-state index contributed by atoms with van der Waals surface area (Å²) in [5.41, 5.74) is 6.76. The molecule has 142 valence electrons. The van der Waals surface area contributed by atoms with Crippen LogP contribution in [0.15, 0.2) is 29.6 Å². The third-order valence-electron chi connectivity index (χ3n) is 3.55. The number of nitrogens with one attached hydrogen (secondary N) is 1. The molecule has 0 spiro atoms. The summed E-state index contributed by atoms with van der Waals surface area (Å²) in [6.45, 7) is 2.50. The van der Waals surface area contributed by atoms with Gasteiger partial charge in [0.05, 0.1) is 12.4 Å². The maximum atomic E-state index is 12.0. The van der Waals surface area contributed by atoms with E-state index in [-0.39, 0.29) is 36.4 Å². The van der Waals surface area contributed by atoms with E-state index < -0.39 is 5.97 Å². The molecule has 1 aliphatic heterocycles. The highest BCUT2D eigenvalue weighted by Crippen LogP contribution is 2.32. The zero-order chi connectivity index (χ0) is 19.2. The smallest absolute Gasteiger partial charge is 0.343 e. The van der Waals surface area contributed by atoms with Crippen LogP contribution in [0.25, 0.3) is 0 Å². The number of nitrogens with zero attached hydrogens (tertiary/aromatic N) is 2. The number of thioether (sulfide) groups is 1. The van der Waals surface area contributed by atoms with E-state index in [1.165, 1.54) is 6.20 Å². The van der Waals surface area contributed by atoms with E-state index in [2.05, 4.69) is 15.3 Å². The lowest BCUT2D eigenvalue weighted by Gasteiger charge is -2.07. The first-order valence-corrected chi connectivity index (χ1v) is 9.13. The highest BCUT2D eigenvalue weighted by molar-refractivity contribution is 7.99. The first-order chi connectivity index (χ1) is 13.1. The van der Waals surface area contributed by atoms with Gasteiger partial charge in [-0.25, -0.2) is 14.8 Å². The number of ether oxygens (including phenoxy) is 3. The molecule has 0 aliphatic carbocycles. The molecule has 3 N–H and O–H groups in total. The Bertz CT molecular complexity index is 861. The second-order valence-corrected chi connectivity index (χ2v) is 6.37. The zero-order valence-corrected chi connectivity index (χ0v) is 15.4. The molecule has 10 heteroatoms. The van der Waals surface area contributed by atoms with Crippen LogP contribution < -0.4 is 20.5 Å². The number of anilines is 1. The molecule has 1 aliphatic rings. The minimum Gasteiger partial charge on any atom is -0.462 e. The summed E-state index contributed by atoms with van der Waals surface area (Å²) < 4.78 is 15.4. The molecular formula is C17H18N4O5S. The van der Waals surface area contributed by atoms with Crippen LogP contribution in [-0.2, 0) is 16.1 Å². The number of esters is 1. The van der Waals surface area contributed by atoms with Crippen LogP contribution in [0.1, 0.15) is 22.8 Å². The molecule has 1 aromatic carbocycles. The molecule has 0 saturated carbocycles. The van der Waals surface area contributed by atoms with E-state index in [1.807, 2.05) is 12.1 Å². The Kier molecular flexibility index (Phi) is 5.97. The van der Waals surface area contributed by atoms with Gasteiger partial charge in [0, 0.05) is 12.7 Å². The summed E-state index contributed by atoms with van der Waals surface area (Å²) in [7, 11) is 0. The third kappa shape index (κ3) is 4.79. The molecular weight excluding hydrogens is 372 g/mol. The van der Waals surface area contributed by atoms with Gasteiger partial charge in [0.15, 0.2) is 16.7 Å². The number of aromatic nitrogens is 2. The van der Waals surface area contributed by atoms with Crippen molar-refractivity contribution in [2.75, 3.05) is 24.9 Å². The first kappa shape index (κ1) is 18.8. The van der Waals surface area contributed by atoms with Gasteiger partial charge in [-0.2, -0.15) is 0 Å². The average molecular weight is 390 g/mol. The van der Waals surface area contributed by atoms with E-state index in [0.717, 1.165) is 17.3 Å². The van der Waals surface area contributed by atoms with Crippen molar-refractivity contribution in [2.45, 2.75) is 18.6 Å². The van der Waals surface area contributed by atoms with Gasteiger partial charge in [-0.3, -0.25) is 4.79 Å². The lowest BCUT2D eigenvalue weighted by Crippen LogP contribution is -2.24. The summed E-state index contributed by atoms with van der Waals surface area (Å²) in [5, 5.41) is 3.11. The third-order valence-corrected chi connectivity index (χ3v) is 4.41. The van der Waals surface area contributed by atoms with Crippen LogP contribution in [-0.4, -0.2) is 41.0 Å². The number of fused-ring (bicyclic) bond motifs is 1. The minimum absolute atomic E-state index is 0.0201. The number of hydrogen-bond acceptors (Lipinski definition) is 9. The van der Waals surface area contributed by atoms with E-state index in [9.17, 15) is 9.59 Å². The van der Waals surface area contributed by atoms with E-state index in [0.29, 0.717) is 23.2 Å². The molecule has 0 atom stereocenters. The van der Waals surface area contributed by atoms with Crippen molar-refractivity contribution in [2.24, 2.45) is 0 Å². The van der Waals surface area contributed by atoms with Crippen LogP contribution in [0.2, 0.25) is 0 Å². The SMILES string of the molecule is CCOC(=O)c1cnc(SCC(=O)NCc2ccc3c(c2)OCO3)nc1N. The number of hydrogen-bond donors (Lipinski definition) is 2. The van der Waals surface area contributed by atoms with Crippen LogP contribution in [0.4, 0.5) is 5.82 Å². The molecule has 9 nitrogen and oxygen atoms in total. The maximum Gasteiger partial charge on any atom is 0.343 e. The Balaban J connectivity index is 1.49. The van der Waals surface area contributed by atoms with E-state index in [1.54, 1.807) is 13.0 Å². The summed E-state index contributed by atoms with van der Waals surface area (Å²) in [6, 6.07) is 5.49. The summed E-state index contributed by atoms with van der Waals surface area (Å²) in [4.78, 5) is 31.7. The monoisotopic (exact) mass is 390 g/mol. The fourth-order valence-corrected chi connectivity index (χ4v) is 2.90. The van der Waals surface area contributed by atoms with Gasteiger partial charge in [-0.1, -0.05) is 17.8 Å². The number of nitrogens with two attached hydrogens (primary N) is 1. The first-order valence-electron chi connectivity index (χ1n) is 8.14. The minimum atomic E-state index is -0.576. The van der Waals surface area contributed by atoms with Gasteiger partial charge in [0.1, 0.15) is 11.4 Å². The maximum absolute atomic E-state index is 12.0. The van der Waals surface area contributed by atoms with Crippen molar-refractivity contribution in [1.29, 1.82) is 0 Å². The fourth-order valence-electron chi connectivity index (χ4n) is 2.25. The van der Waals surface area contributed by atoms with Gasteiger partial charge in [0.2, 0.25) is 12.7 Å². The summed E-state index contributed by atoms with van der Waals surface area (Å²) in [6.07, 6.45) is 1.30. The standard InChI is InChI=1S/C17H18N4O5S/c1-2-24-16(23)11-7-20-17(21-15(11)18)27-8-14(22)19-6-10-3-4-12-13(5-10)26-9-25-12/h3-5,7H,2,6,8-9H2,1H3,(H,19,22)(H2,18,20,21). The van der Waals surface area contributed by atoms with Gasteiger partial charge >= 0.3 is 5.97 Å². The van der Waals surface area contributed by atoms with Crippen molar-refractivity contribution in [3.05, 3.63) is 35.5 Å². The Morgan fingerprint density at radius 3 is 2.93 bits per heavy atom. The predicted molar refractivity (Wildman–Crippen MR) is 97.5 cm³/mol. The zero-order valence-electron chi connectivity index (χ0n) is 14.6. The molecule has 2 heterocycles. The van der Waals surface area contributed by atoms with Crippen LogP contribution in [0.3, 0.4) is 0 Å². The number of carbonyl (C=O) groups excluding carboxylic acids is 2. The fraction of sp³-hybridized carbons (Fsp3) is 0.294. The molecule has 0 bridgehead atoms. The van der Waals surface area contributed by atoms with E-state index >= 15 is 0 Å². The molecule has 27 heavy (non-hydrogen) atoms. The Morgan fingerprint density at radius 2 is 2.15 bits per heavy atom. The van der Waals surface area contributed by atoms with Crippen molar-refractivity contribution < 1.29 is 23.8 Å². The van der Waals surface area contributed by atoms with Crippen LogP contribution in [0.5, 0.6) is 11.5 Å². The Morgan fingerprint density at radius 1 is 1.33 bits per heavy atom. The molecule has 0 radical (unpaired) electrons. The Hall–Kier alpha value is -3.01. The highest BCUT2D eigenvalue weighted by Gasteiger charge is 2.15. The molecule has 0 fully saturated rings. The molecule has 3 rings (SSSR count). The molecule has 1 aromatic heterocycles. The summed E-state index contributed by atoms with van der Waals surface area (Å²) in [5.74, 6) is 0.736. The molecule has 2 aromatic rings. The second-order valence-electron chi connectivity index (χ2n) is 5.42. The molecule has 0 saturated heterocycles. The number of nitrogen functional groups attached to an aromatic ring is 1. The van der Waals surface area contributed by atoms with Crippen molar-refractivity contribution in [3.8, 4) is 11.5 Å². The second kappa shape index (κ2) is 8.58. The number of amides is 1. The molecule has 0 unspecified atom stereocenters. The topological polar surface area (TPSA) is 126 Å². The average Bonchev–Trinajstić information content (AvgIpc) is 3.12. The lowest BCUT2D eigenvalue weighted by molar-refractivity contribution is -0.118. The van der Waals surface area contributed by atoms with E-state index in [4.69, 9.17) is 19.9 Å². The quantitative estimate of drug-likeness (QED) is 0.409. The number of benzene rings is 1. The largest absolute Gasteiger partial charge is 0.462 e. The van der Waals surface area contributed by atoms with Gasteiger partial charge in [-0.15, -0.1) is 0 Å². The predicted octanol–water partition coefficient (Wildman–Crippen LogP) is 1.37. The highest BCUT2D eigenvalue weighted by atomic mass is 32.2. The van der Waals surface area contributed by atoms with Gasteiger partial charge in [-0.05, 0) is 24.6 Å². The normalized spacial score (nSPS) is 11.9. The van der Waals surface area contributed by atoms with Crippen molar-refractivity contribution in [3.63, 3.8) is 0 Å². The van der Waals surface area contributed by atoms with Crippen LogP contribution >= 0.6 is 11.8 Å². The number of carbonyl (C=O) groups is 2. The lowest BCUT2D eigenvalue weighted by atomic mass is 10.2.